The maximum absolute atomic E-state index is 12.9. The van der Waals surface area contributed by atoms with Gasteiger partial charge in [-0.15, -0.1) is 0 Å². The summed E-state index contributed by atoms with van der Waals surface area (Å²) in [6.07, 6.45) is 0. The summed E-state index contributed by atoms with van der Waals surface area (Å²) in [4.78, 5) is 12.9. The number of hydrogen-bond donors (Lipinski definition) is 0. The lowest BCUT2D eigenvalue weighted by Crippen LogP contribution is -2.09. The molecule has 0 fully saturated rings. The molecule has 0 saturated carbocycles. The van der Waals surface area contributed by atoms with Gasteiger partial charge in [-0.1, -0.05) is 45.9 Å². The maximum atomic E-state index is 12.9. The lowest BCUT2D eigenvalue weighted by atomic mass is 9.87. The maximum Gasteiger partial charge on any atom is 0.200 e. The van der Waals surface area contributed by atoms with Gasteiger partial charge < -0.3 is 4.42 Å². The summed E-state index contributed by atoms with van der Waals surface area (Å²) >= 11 is 0. The van der Waals surface area contributed by atoms with E-state index in [4.69, 9.17) is 4.42 Å². The van der Waals surface area contributed by atoms with Crippen LogP contribution in [0.2, 0.25) is 0 Å². The summed E-state index contributed by atoms with van der Waals surface area (Å²) in [5.41, 5.74) is 3.79. The summed E-state index contributed by atoms with van der Waals surface area (Å²) in [7, 11) is 0. The molecular weight excluding hydrogens is 260 g/mol. The molecule has 3 rings (SSSR count). The molecule has 1 heterocycles. The number of fused-ring (bicyclic) bond motifs is 2. The van der Waals surface area contributed by atoms with Crippen molar-refractivity contribution in [1.82, 2.24) is 0 Å². The van der Waals surface area contributed by atoms with Crippen LogP contribution >= 0.6 is 0 Å². The van der Waals surface area contributed by atoms with Crippen LogP contribution < -0.4 is 5.43 Å². The zero-order chi connectivity index (χ0) is 15.1. The third-order valence-electron chi connectivity index (χ3n) is 4.02. The molecule has 0 aliphatic rings. The molecule has 0 spiro atoms. The molecule has 21 heavy (non-hydrogen) atoms. The van der Waals surface area contributed by atoms with E-state index in [0.29, 0.717) is 22.5 Å². The van der Waals surface area contributed by atoms with Crippen molar-refractivity contribution in [3.05, 3.63) is 57.7 Å². The molecule has 2 nitrogen and oxygen atoms in total. The zero-order valence-corrected chi connectivity index (χ0v) is 12.9. The Labute approximate surface area is 124 Å². The number of para-hydroxylation sites is 1. The molecule has 3 aromatic rings. The van der Waals surface area contributed by atoms with E-state index >= 15 is 0 Å². The molecule has 2 aromatic carbocycles. The molecule has 2 heteroatoms. The van der Waals surface area contributed by atoms with Crippen molar-refractivity contribution in [2.45, 2.75) is 39.5 Å². The van der Waals surface area contributed by atoms with Crippen LogP contribution in [0.3, 0.4) is 0 Å². The summed E-state index contributed by atoms with van der Waals surface area (Å²) in [6, 6.07) is 11.5. The monoisotopic (exact) mass is 280 g/mol. The highest BCUT2D eigenvalue weighted by Crippen LogP contribution is 2.32. The van der Waals surface area contributed by atoms with Crippen LogP contribution in [0.25, 0.3) is 21.9 Å². The third-order valence-corrected chi connectivity index (χ3v) is 4.02. The fourth-order valence-corrected chi connectivity index (χ4v) is 3.06. The van der Waals surface area contributed by atoms with Crippen LogP contribution in [0.5, 0.6) is 0 Å². The molecule has 0 unspecified atom stereocenters. The molecule has 0 bridgehead atoms. The first-order valence-electron chi connectivity index (χ1n) is 7.49. The second-order valence-corrected chi connectivity index (χ2v) is 6.18. The van der Waals surface area contributed by atoms with E-state index in [0.717, 1.165) is 10.9 Å². The van der Waals surface area contributed by atoms with E-state index < -0.39 is 0 Å². The smallest absolute Gasteiger partial charge is 0.200 e. The van der Waals surface area contributed by atoms with E-state index in [1.165, 1.54) is 5.56 Å². The van der Waals surface area contributed by atoms with Crippen molar-refractivity contribution in [2.24, 2.45) is 0 Å². The van der Waals surface area contributed by atoms with Gasteiger partial charge in [0.15, 0.2) is 0 Å². The van der Waals surface area contributed by atoms with Gasteiger partial charge in [-0.2, -0.15) is 0 Å². The van der Waals surface area contributed by atoms with Crippen molar-refractivity contribution in [1.29, 1.82) is 0 Å². The Morgan fingerprint density at radius 3 is 2.24 bits per heavy atom. The first-order chi connectivity index (χ1) is 10.0. The van der Waals surface area contributed by atoms with Crippen molar-refractivity contribution in [2.75, 3.05) is 0 Å². The highest BCUT2D eigenvalue weighted by Gasteiger charge is 2.18. The van der Waals surface area contributed by atoms with E-state index in [2.05, 4.69) is 33.8 Å². The Bertz CT molecular complexity index is 870. The molecule has 0 N–H and O–H groups in total. The van der Waals surface area contributed by atoms with Crippen molar-refractivity contribution in [3.63, 3.8) is 0 Å². The second-order valence-electron chi connectivity index (χ2n) is 6.18. The zero-order valence-electron chi connectivity index (χ0n) is 12.9. The Morgan fingerprint density at radius 1 is 0.857 bits per heavy atom. The standard InChI is InChI=1S/C19H20O2/c1-11(2)13-9-10-16-18(17(13)12(3)4)19(20)14-7-5-6-8-15(14)21-16/h5-12H,1-4H3. The van der Waals surface area contributed by atoms with Gasteiger partial charge in [0.25, 0.3) is 0 Å². The van der Waals surface area contributed by atoms with Gasteiger partial charge in [0.05, 0.1) is 10.8 Å². The van der Waals surface area contributed by atoms with E-state index in [1.54, 1.807) is 0 Å². The van der Waals surface area contributed by atoms with Gasteiger partial charge in [-0.05, 0) is 41.2 Å². The number of hydrogen-bond acceptors (Lipinski definition) is 2. The predicted octanol–water partition coefficient (Wildman–Crippen LogP) is 5.19. The second kappa shape index (κ2) is 5.03. The lowest BCUT2D eigenvalue weighted by Gasteiger charge is -2.18. The van der Waals surface area contributed by atoms with Crippen molar-refractivity contribution >= 4 is 21.9 Å². The molecule has 0 aliphatic heterocycles. The van der Waals surface area contributed by atoms with Crippen LogP contribution in [0.1, 0.15) is 50.7 Å². The molecule has 0 aliphatic carbocycles. The van der Waals surface area contributed by atoms with Crippen molar-refractivity contribution in [3.8, 4) is 0 Å². The van der Waals surface area contributed by atoms with Crippen molar-refractivity contribution < 1.29 is 4.42 Å². The average Bonchev–Trinajstić information content (AvgIpc) is 2.46. The van der Waals surface area contributed by atoms with E-state index in [-0.39, 0.29) is 11.3 Å². The highest BCUT2D eigenvalue weighted by molar-refractivity contribution is 5.92. The largest absolute Gasteiger partial charge is 0.456 e. The van der Waals surface area contributed by atoms with Crippen LogP contribution in [0, 0.1) is 0 Å². The van der Waals surface area contributed by atoms with Crippen LogP contribution in [-0.2, 0) is 0 Å². The average molecular weight is 280 g/mol. The van der Waals surface area contributed by atoms with Gasteiger partial charge in [-0.3, -0.25) is 4.79 Å². The predicted molar refractivity (Wildman–Crippen MR) is 88.2 cm³/mol. The topological polar surface area (TPSA) is 30.2 Å². The quantitative estimate of drug-likeness (QED) is 0.604. The Morgan fingerprint density at radius 2 is 1.57 bits per heavy atom. The highest BCUT2D eigenvalue weighted by atomic mass is 16.3. The fraction of sp³-hybridized carbons (Fsp3) is 0.316. The van der Waals surface area contributed by atoms with Crippen LogP contribution in [0.15, 0.2) is 45.6 Å². The molecule has 1 aromatic heterocycles. The summed E-state index contributed by atoms with van der Waals surface area (Å²) in [5.74, 6) is 0.674. The molecule has 0 amide bonds. The third kappa shape index (κ3) is 2.15. The Kier molecular flexibility index (Phi) is 3.32. The summed E-state index contributed by atoms with van der Waals surface area (Å²) in [6.45, 7) is 8.59. The normalized spacial score (nSPS) is 11.9. The minimum absolute atomic E-state index is 0.0815. The van der Waals surface area contributed by atoms with Gasteiger partial charge in [0.2, 0.25) is 5.43 Å². The Balaban J connectivity index is 2.55. The van der Waals surface area contributed by atoms with Crippen LogP contribution in [-0.4, -0.2) is 0 Å². The van der Waals surface area contributed by atoms with Crippen LogP contribution in [0.4, 0.5) is 0 Å². The molecule has 0 saturated heterocycles. The lowest BCUT2D eigenvalue weighted by molar-refractivity contribution is 0.657. The Hall–Kier alpha value is -2.09. The molecular formula is C19H20O2. The van der Waals surface area contributed by atoms with E-state index in [9.17, 15) is 4.79 Å². The van der Waals surface area contributed by atoms with Gasteiger partial charge >= 0.3 is 0 Å². The van der Waals surface area contributed by atoms with Gasteiger partial charge in [0.1, 0.15) is 11.2 Å². The SMILES string of the molecule is CC(C)c1ccc2oc3ccccc3c(=O)c2c1C(C)C. The molecule has 108 valence electrons. The van der Waals surface area contributed by atoms with Gasteiger partial charge in [0, 0.05) is 0 Å². The van der Waals surface area contributed by atoms with E-state index in [1.807, 2.05) is 30.3 Å². The fourth-order valence-electron chi connectivity index (χ4n) is 3.06. The van der Waals surface area contributed by atoms with Gasteiger partial charge in [-0.25, -0.2) is 0 Å². The molecule has 0 radical (unpaired) electrons. The first-order valence-corrected chi connectivity index (χ1v) is 7.49. The summed E-state index contributed by atoms with van der Waals surface area (Å²) in [5, 5.41) is 1.41. The number of benzene rings is 2. The minimum atomic E-state index is 0.0815. The summed E-state index contributed by atoms with van der Waals surface area (Å²) < 4.78 is 5.95. The first kappa shape index (κ1) is 13.9. The minimum Gasteiger partial charge on any atom is -0.456 e. The number of rotatable bonds is 2. The molecule has 0 atom stereocenters.